The molecule has 2 heterocycles. The van der Waals surface area contributed by atoms with E-state index in [-0.39, 0.29) is 11.3 Å². The van der Waals surface area contributed by atoms with Gasteiger partial charge in [-0.15, -0.1) is 0 Å². The first-order valence-corrected chi connectivity index (χ1v) is 10.9. The van der Waals surface area contributed by atoms with Gasteiger partial charge >= 0.3 is 0 Å². The molecule has 1 N–H and O–H groups in total. The van der Waals surface area contributed by atoms with Crippen LogP contribution >= 0.6 is 0 Å². The highest BCUT2D eigenvalue weighted by molar-refractivity contribution is 6.51. The fourth-order valence-corrected chi connectivity index (χ4v) is 3.90. The Balaban J connectivity index is 1.88. The number of amides is 1. The van der Waals surface area contributed by atoms with Gasteiger partial charge in [-0.3, -0.25) is 19.5 Å². The number of aryl methyl sites for hydroxylation is 2. The van der Waals surface area contributed by atoms with Gasteiger partial charge in [0, 0.05) is 17.4 Å². The van der Waals surface area contributed by atoms with Crippen LogP contribution in [0.25, 0.3) is 5.76 Å². The van der Waals surface area contributed by atoms with Gasteiger partial charge in [-0.25, -0.2) is 0 Å². The molecule has 1 aromatic heterocycles. The van der Waals surface area contributed by atoms with Crippen LogP contribution in [0.5, 0.6) is 5.75 Å². The highest BCUT2D eigenvalue weighted by atomic mass is 16.5. The van der Waals surface area contributed by atoms with Gasteiger partial charge in [-0.2, -0.15) is 0 Å². The summed E-state index contributed by atoms with van der Waals surface area (Å²) >= 11 is 0. The normalized spacial score (nSPS) is 17.4. The number of rotatable bonds is 6. The quantitative estimate of drug-likeness (QED) is 0.326. The molecule has 1 aliphatic rings. The number of hydrogen-bond acceptors (Lipinski definition) is 5. The summed E-state index contributed by atoms with van der Waals surface area (Å²) in [6.45, 7) is 6.48. The van der Waals surface area contributed by atoms with Crippen molar-refractivity contribution in [1.82, 2.24) is 4.98 Å². The van der Waals surface area contributed by atoms with Crippen molar-refractivity contribution in [3.8, 4) is 5.75 Å². The van der Waals surface area contributed by atoms with Crippen LogP contribution in [-0.2, 0) is 9.59 Å². The molecule has 2 aromatic carbocycles. The summed E-state index contributed by atoms with van der Waals surface area (Å²) in [4.78, 5) is 32.3. The van der Waals surface area contributed by atoms with Crippen LogP contribution in [0.4, 0.5) is 5.69 Å². The smallest absolute Gasteiger partial charge is 0.300 e. The number of Topliss-reactive ketones (excluding diaryl/α,β-unsaturated/α-hetero) is 1. The Morgan fingerprint density at radius 3 is 2.55 bits per heavy atom. The molecular formula is C27H26N2O4. The van der Waals surface area contributed by atoms with Crippen LogP contribution in [0.2, 0.25) is 0 Å². The van der Waals surface area contributed by atoms with E-state index < -0.39 is 17.7 Å². The van der Waals surface area contributed by atoms with E-state index in [9.17, 15) is 14.7 Å². The number of ketones is 1. The van der Waals surface area contributed by atoms with Crippen LogP contribution in [-0.4, -0.2) is 28.4 Å². The standard InChI is InChI=1S/C27H26N2O4/c1-4-14-33-21-9-7-8-19(16-21)25(30)23-24(22-10-5-6-13-28-22)29(27(32)26(23)31)20-12-11-17(2)18(3)15-20/h5-13,15-16,24,30H,4,14H2,1-3H3/b25-23+. The van der Waals surface area contributed by atoms with Crippen molar-refractivity contribution in [3.63, 3.8) is 0 Å². The third-order valence-corrected chi connectivity index (χ3v) is 5.76. The molecule has 1 amide bonds. The minimum absolute atomic E-state index is 0.00423. The summed E-state index contributed by atoms with van der Waals surface area (Å²) in [7, 11) is 0. The largest absolute Gasteiger partial charge is 0.507 e. The molecule has 0 saturated carbocycles. The van der Waals surface area contributed by atoms with Gasteiger partial charge < -0.3 is 9.84 Å². The van der Waals surface area contributed by atoms with Crippen molar-refractivity contribution in [2.75, 3.05) is 11.5 Å². The van der Waals surface area contributed by atoms with Crippen molar-refractivity contribution in [1.29, 1.82) is 0 Å². The number of benzene rings is 2. The zero-order chi connectivity index (χ0) is 23.5. The summed E-state index contributed by atoms with van der Waals surface area (Å²) in [6.07, 6.45) is 2.45. The zero-order valence-electron chi connectivity index (χ0n) is 18.9. The Morgan fingerprint density at radius 1 is 1.03 bits per heavy atom. The Labute approximate surface area is 193 Å². The van der Waals surface area contributed by atoms with Crippen LogP contribution in [0.15, 0.2) is 72.4 Å². The van der Waals surface area contributed by atoms with E-state index >= 15 is 0 Å². The Morgan fingerprint density at radius 2 is 1.85 bits per heavy atom. The zero-order valence-corrected chi connectivity index (χ0v) is 18.9. The molecule has 1 fully saturated rings. The lowest BCUT2D eigenvalue weighted by molar-refractivity contribution is -0.132. The number of anilines is 1. The minimum Gasteiger partial charge on any atom is -0.507 e. The maximum atomic E-state index is 13.2. The first kappa shape index (κ1) is 22.3. The third kappa shape index (κ3) is 4.24. The molecule has 168 valence electrons. The number of carbonyl (C=O) groups is 2. The minimum atomic E-state index is -0.853. The van der Waals surface area contributed by atoms with Crippen LogP contribution in [0.3, 0.4) is 0 Å². The van der Waals surface area contributed by atoms with Gasteiger partial charge in [0.05, 0.1) is 17.9 Å². The van der Waals surface area contributed by atoms with Crippen molar-refractivity contribution in [3.05, 3.63) is 94.8 Å². The highest BCUT2D eigenvalue weighted by Gasteiger charge is 2.47. The summed E-state index contributed by atoms with van der Waals surface area (Å²) < 4.78 is 5.67. The number of ether oxygens (including phenoxy) is 1. The average molecular weight is 443 g/mol. The molecule has 1 saturated heterocycles. The van der Waals surface area contributed by atoms with Gasteiger partial charge in [0.2, 0.25) is 0 Å². The molecule has 1 unspecified atom stereocenters. The summed E-state index contributed by atoms with van der Waals surface area (Å²) in [5.74, 6) is -1.12. The lowest BCUT2D eigenvalue weighted by atomic mass is 9.98. The van der Waals surface area contributed by atoms with Crippen LogP contribution in [0.1, 0.15) is 41.8 Å². The molecule has 0 aliphatic carbocycles. The van der Waals surface area contributed by atoms with E-state index in [0.717, 1.165) is 17.5 Å². The number of pyridine rings is 1. The second-order valence-corrected chi connectivity index (χ2v) is 8.07. The third-order valence-electron chi connectivity index (χ3n) is 5.76. The van der Waals surface area contributed by atoms with Gasteiger partial charge in [-0.05, 0) is 67.8 Å². The Kier molecular flexibility index (Phi) is 6.27. The number of carbonyl (C=O) groups excluding carboxylic acids is 2. The lowest BCUT2D eigenvalue weighted by Crippen LogP contribution is -2.29. The van der Waals surface area contributed by atoms with E-state index in [0.29, 0.717) is 29.3 Å². The molecule has 0 spiro atoms. The van der Waals surface area contributed by atoms with Gasteiger partial charge in [-0.1, -0.05) is 31.2 Å². The maximum absolute atomic E-state index is 13.2. The molecule has 4 rings (SSSR count). The number of aromatic nitrogens is 1. The van der Waals surface area contributed by atoms with Gasteiger partial charge in [0.1, 0.15) is 17.6 Å². The second-order valence-electron chi connectivity index (χ2n) is 8.07. The van der Waals surface area contributed by atoms with Crippen molar-refractivity contribution in [2.24, 2.45) is 0 Å². The van der Waals surface area contributed by atoms with E-state index in [1.807, 2.05) is 39.0 Å². The number of aliphatic hydroxyl groups is 1. The van der Waals surface area contributed by atoms with Crippen LogP contribution < -0.4 is 9.64 Å². The van der Waals surface area contributed by atoms with Crippen molar-refractivity contribution < 1.29 is 19.4 Å². The van der Waals surface area contributed by atoms with Crippen molar-refractivity contribution in [2.45, 2.75) is 33.2 Å². The molecule has 33 heavy (non-hydrogen) atoms. The van der Waals surface area contributed by atoms with E-state index in [4.69, 9.17) is 4.74 Å². The summed E-state index contributed by atoms with van der Waals surface area (Å²) in [5.41, 5.74) is 3.56. The summed E-state index contributed by atoms with van der Waals surface area (Å²) in [5, 5.41) is 11.3. The SMILES string of the molecule is CCCOc1cccc(/C(O)=C2\C(=O)C(=O)N(c3ccc(C)c(C)c3)C2c2ccccn2)c1. The monoisotopic (exact) mass is 442 g/mol. The molecule has 1 aliphatic heterocycles. The fraction of sp³-hybridized carbons (Fsp3) is 0.222. The van der Waals surface area contributed by atoms with E-state index in [2.05, 4.69) is 4.98 Å². The predicted octanol–water partition coefficient (Wildman–Crippen LogP) is 5.11. The number of hydrogen-bond donors (Lipinski definition) is 1. The molecule has 3 aromatic rings. The topological polar surface area (TPSA) is 79.7 Å². The summed E-state index contributed by atoms with van der Waals surface area (Å²) in [6, 6.07) is 16.9. The maximum Gasteiger partial charge on any atom is 0.300 e. The molecule has 6 heteroatoms. The van der Waals surface area contributed by atoms with Gasteiger partial charge in [0.15, 0.2) is 0 Å². The lowest BCUT2D eigenvalue weighted by Gasteiger charge is -2.25. The Bertz CT molecular complexity index is 1230. The molecule has 0 radical (unpaired) electrons. The highest BCUT2D eigenvalue weighted by Crippen LogP contribution is 2.42. The first-order valence-electron chi connectivity index (χ1n) is 10.9. The van der Waals surface area contributed by atoms with E-state index in [1.54, 1.807) is 48.7 Å². The second kappa shape index (κ2) is 9.28. The number of nitrogens with zero attached hydrogens (tertiary/aromatic N) is 2. The van der Waals surface area contributed by atoms with E-state index in [1.165, 1.54) is 4.90 Å². The van der Waals surface area contributed by atoms with Gasteiger partial charge in [0.25, 0.3) is 11.7 Å². The van der Waals surface area contributed by atoms with Crippen molar-refractivity contribution >= 4 is 23.1 Å². The molecular weight excluding hydrogens is 416 g/mol. The molecule has 1 atom stereocenters. The Hall–Kier alpha value is -3.93. The molecule has 6 nitrogen and oxygen atoms in total. The first-order chi connectivity index (χ1) is 15.9. The van der Waals surface area contributed by atoms with Crippen LogP contribution in [0, 0.1) is 13.8 Å². The molecule has 0 bridgehead atoms. The average Bonchev–Trinajstić information content (AvgIpc) is 3.10. The fourth-order valence-electron chi connectivity index (χ4n) is 3.90. The number of aliphatic hydroxyl groups excluding tert-OH is 1. The predicted molar refractivity (Wildman–Crippen MR) is 127 cm³/mol.